The standard InChI is InChI=1S/C17H15Cl2NO2/c18-8-6-15-13-10-14(19)17(11-16(13)22-20-15)21-9-7-12-4-2-1-3-5-12/h1-5,10-11H,6-9H2. The number of hydrogen-bond donors (Lipinski definition) is 0. The van der Waals surface area contributed by atoms with Crippen LogP contribution in [0.5, 0.6) is 5.75 Å². The van der Waals surface area contributed by atoms with Crippen molar-refractivity contribution in [3.8, 4) is 5.75 Å². The third-order valence-corrected chi connectivity index (χ3v) is 3.91. The van der Waals surface area contributed by atoms with E-state index in [0.717, 1.165) is 17.5 Å². The lowest BCUT2D eigenvalue weighted by atomic mass is 10.1. The highest BCUT2D eigenvalue weighted by Crippen LogP contribution is 2.32. The fraction of sp³-hybridized carbons (Fsp3) is 0.235. The van der Waals surface area contributed by atoms with Gasteiger partial charge in [-0.1, -0.05) is 47.1 Å². The fourth-order valence-electron chi connectivity index (χ4n) is 2.29. The summed E-state index contributed by atoms with van der Waals surface area (Å²) in [7, 11) is 0. The first-order chi connectivity index (χ1) is 10.8. The van der Waals surface area contributed by atoms with Gasteiger partial charge in [-0.3, -0.25) is 0 Å². The van der Waals surface area contributed by atoms with Crippen molar-refractivity contribution in [3.05, 3.63) is 58.7 Å². The van der Waals surface area contributed by atoms with Crippen molar-refractivity contribution in [2.45, 2.75) is 12.8 Å². The number of aryl methyl sites for hydroxylation is 1. The minimum atomic E-state index is 0.495. The molecule has 0 aliphatic heterocycles. The first-order valence-corrected chi connectivity index (χ1v) is 7.99. The van der Waals surface area contributed by atoms with Crippen molar-refractivity contribution >= 4 is 34.2 Å². The lowest BCUT2D eigenvalue weighted by Crippen LogP contribution is -2.01. The van der Waals surface area contributed by atoms with Crippen LogP contribution in [0.25, 0.3) is 11.0 Å². The highest BCUT2D eigenvalue weighted by Gasteiger charge is 2.12. The van der Waals surface area contributed by atoms with Gasteiger partial charge >= 0.3 is 0 Å². The number of halogens is 2. The summed E-state index contributed by atoms with van der Waals surface area (Å²) in [6, 6.07) is 13.8. The first kappa shape index (κ1) is 15.2. The molecular weight excluding hydrogens is 321 g/mol. The topological polar surface area (TPSA) is 35.3 Å². The van der Waals surface area contributed by atoms with Gasteiger partial charge in [-0.25, -0.2) is 0 Å². The summed E-state index contributed by atoms with van der Waals surface area (Å²) in [6.45, 7) is 0.553. The van der Waals surface area contributed by atoms with Crippen LogP contribution in [0.3, 0.4) is 0 Å². The van der Waals surface area contributed by atoms with Gasteiger partial charge in [-0.05, 0) is 11.6 Å². The molecule has 1 aromatic heterocycles. The number of aromatic nitrogens is 1. The summed E-state index contributed by atoms with van der Waals surface area (Å²) < 4.78 is 11.1. The van der Waals surface area contributed by atoms with Crippen molar-refractivity contribution in [2.75, 3.05) is 12.5 Å². The van der Waals surface area contributed by atoms with E-state index in [2.05, 4.69) is 17.3 Å². The molecule has 3 aromatic rings. The van der Waals surface area contributed by atoms with Gasteiger partial charge in [-0.2, -0.15) is 0 Å². The van der Waals surface area contributed by atoms with Crippen LogP contribution in [0.4, 0.5) is 0 Å². The number of ether oxygens (including phenoxy) is 1. The van der Waals surface area contributed by atoms with Crippen LogP contribution in [0.2, 0.25) is 5.02 Å². The van der Waals surface area contributed by atoms with Gasteiger partial charge in [0.2, 0.25) is 0 Å². The second-order valence-electron chi connectivity index (χ2n) is 4.93. The molecule has 3 nitrogen and oxygen atoms in total. The van der Waals surface area contributed by atoms with E-state index in [1.54, 1.807) is 6.07 Å². The SMILES string of the molecule is ClCCc1noc2cc(OCCc3ccccc3)c(Cl)cc12. The Morgan fingerprint density at radius 3 is 2.68 bits per heavy atom. The second-order valence-corrected chi connectivity index (χ2v) is 5.72. The predicted octanol–water partition coefficient (Wildman–Crippen LogP) is 4.88. The Morgan fingerprint density at radius 1 is 1.09 bits per heavy atom. The lowest BCUT2D eigenvalue weighted by Gasteiger charge is -2.08. The molecule has 0 atom stereocenters. The number of nitrogens with zero attached hydrogens (tertiary/aromatic N) is 1. The zero-order valence-electron chi connectivity index (χ0n) is 11.9. The molecule has 2 aromatic carbocycles. The van der Waals surface area contributed by atoms with Crippen molar-refractivity contribution in [3.63, 3.8) is 0 Å². The quantitative estimate of drug-likeness (QED) is 0.602. The number of hydrogen-bond acceptors (Lipinski definition) is 3. The van der Waals surface area contributed by atoms with Crippen LogP contribution in [0.15, 0.2) is 47.0 Å². The summed E-state index contributed by atoms with van der Waals surface area (Å²) in [4.78, 5) is 0. The maximum atomic E-state index is 6.29. The maximum absolute atomic E-state index is 6.29. The lowest BCUT2D eigenvalue weighted by molar-refractivity contribution is 0.321. The molecule has 0 saturated heterocycles. The van der Waals surface area contributed by atoms with E-state index >= 15 is 0 Å². The van der Waals surface area contributed by atoms with Crippen molar-refractivity contribution < 1.29 is 9.26 Å². The van der Waals surface area contributed by atoms with Crippen molar-refractivity contribution in [1.29, 1.82) is 0 Å². The Hall–Kier alpha value is -1.71. The molecule has 0 amide bonds. The van der Waals surface area contributed by atoms with Crippen LogP contribution in [0, 0.1) is 0 Å². The van der Waals surface area contributed by atoms with Crippen LogP contribution in [-0.4, -0.2) is 17.6 Å². The third-order valence-electron chi connectivity index (χ3n) is 3.42. The molecule has 0 N–H and O–H groups in total. The van der Waals surface area contributed by atoms with Crippen LogP contribution >= 0.6 is 23.2 Å². The Kier molecular flexibility index (Phi) is 4.86. The Bertz CT molecular complexity index is 756. The second kappa shape index (κ2) is 7.03. The Labute approximate surface area is 138 Å². The number of rotatable bonds is 6. The molecule has 0 saturated carbocycles. The number of fused-ring (bicyclic) bond motifs is 1. The molecule has 22 heavy (non-hydrogen) atoms. The molecule has 0 bridgehead atoms. The van der Waals surface area contributed by atoms with Crippen molar-refractivity contribution in [1.82, 2.24) is 5.16 Å². The maximum Gasteiger partial charge on any atom is 0.170 e. The highest BCUT2D eigenvalue weighted by molar-refractivity contribution is 6.32. The molecule has 0 unspecified atom stereocenters. The van der Waals surface area contributed by atoms with Gasteiger partial charge in [0.25, 0.3) is 0 Å². The van der Waals surface area contributed by atoms with Crippen LogP contribution in [0.1, 0.15) is 11.3 Å². The average Bonchev–Trinajstić information content (AvgIpc) is 2.91. The van der Waals surface area contributed by atoms with E-state index in [4.69, 9.17) is 32.5 Å². The van der Waals surface area contributed by atoms with Gasteiger partial charge in [0.1, 0.15) is 5.75 Å². The van der Waals surface area contributed by atoms with E-state index in [1.807, 2.05) is 24.3 Å². The van der Waals surface area contributed by atoms with Gasteiger partial charge in [0, 0.05) is 30.2 Å². The van der Waals surface area contributed by atoms with Crippen LogP contribution in [-0.2, 0) is 12.8 Å². The largest absolute Gasteiger partial charge is 0.492 e. The normalized spacial score (nSPS) is 11.0. The summed E-state index contributed by atoms with van der Waals surface area (Å²) >= 11 is 12.0. The summed E-state index contributed by atoms with van der Waals surface area (Å²) in [5.41, 5.74) is 2.71. The van der Waals surface area contributed by atoms with Gasteiger partial charge in [-0.15, -0.1) is 11.6 Å². The van der Waals surface area contributed by atoms with Gasteiger partial charge < -0.3 is 9.26 Å². The summed E-state index contributed by atoms with van der Waals surface area (Å²) in [5.74, 6) is 1.10. The molecule has 5 heteroatoms. The Balaban J connectivity index is 1.72. The summed E-state index contributed by atoms with van der Waals surface area (Å²) in [6.07, 6.45) is 1.47. The molecule has 0 fully saturated rings. The highest BCUT2D eigenvalue weighted by atomic mass is 35.5. The molecule has 0 spiro atoms. The van der Waals surface area contributed by atoms with E-state index < -0.39 is 0 Å². The molecule has 0 radical (unpaired) electrons. The van der Waals surface area contributed by atoms with E-state index in [9.17, 15) is 0 Å². The zero-order chi connectivity index (χ0) is 15.4. The monoisotopic (exact) mass is 335 g/mol. The third kappa shape index (κ3) is 3.37. The molecule has 3 rings (SSSR count). The van der Waals surface area contributed by atoms with E-state index in [0.29, 0.717) is 35.3 Å². The van der Waals surface area contributed by atoms with Gasteiger partial charge in [0.05, 0.1) is 17.3 Å². The van der Waals surface area contributed by atoms with Crippen molar-refractivity contribution in [2.24, 2.45) is 0 Å². The fourth-order valence-corrected chi connectivity index (χ4v) is 2.69. The molecule has 1 heterocycles. The number of benzene rings is 2. The average molecular weight is 336 g/mol. The van der Waals surface area contributed by atoms with Gasteiger partial charge in [0.15, 0.2) is 5.58 Å². The Morgan fingerprint density at radius 2 is 1.91 bits per heavy atom. The minimum absolute atomic E-state index is 0.495. The zero-order valence-corrected chi connectivity index (χ0v) is 13.4. The van der Waals surface area contributed by atoms with E-state index in [1.165, 1.54) is 5.56 Å². The smallest absolute Gasteiger partial charge is 0.170 e. The number of alkyl halides is 1. The minimum Gasteiger partial charge on any atom is -0.492 e. The van der Waals surface area contributed by atoms with E-state index in [-0.39, 0.29) is 0 Å². The molecular formula is C17H15Cl2NO2. The predicted molar refractivity (Wildman–Crippen MR) is 89.1 cm³/mol. The molecule has 0 aliphatic carbocycles. The van der Waals surface area contributed by atoms with Crippen LogP contribution < -0.4 is 4.74 Å². The molecule has 0 aliphatic rings. The first-order valence-electron chi connectivity index (χ1n) is 7.08. The molecule has 114 valence electrons. The summed E-state index contributed by atoms with van der Waals surface area (Å²) in [5, 5.41) is 5.47.